The molecule has 2 N–H and O–H groups in total. The fourth-order valence-electron chi connectivity index (χ4n) is 3.13. The molecule has 0 heterocycles. The van der Waals surface area contributed by atoms with Crippen LogP contribution in [0, 0.1) is 10.1 Å². The summed E-state index contributed by atoms with van der Waals surface area (Å²) in [4.78, 5) is 35.3. The summed E-state index contributed by atoms with van der Waals surface area (Å²) in [5.41, 5.74) is 2.90. The highest BCUT2D eigenvalue weighted by Gasteiger charge is 2.15. The monoisotopic (exact) mass is 477 g/mol. The van der Waals surface area contributed by atoms with Crippen molar-refractivity contribution in [2.24, 2.45) is 0 Å². The zero-order chi connectivity index (χ0) is 24.9. The molecule has 0 atom stereocenters. The van der Waals surface area contributed by atoms with Crippen LogP contribution in [0.1, 0.15) is 42.3 Å². The molecule has 0 aromatic heterocycles. The second-order valence-electron chi connectivity index (χ2n) is 8.65. The largest absolute Gasteiger partial charge is 0.322 e. The van der Waals surface area contributed by atoms with Gasteiger partial charge in [-0.15, -0.1) is 0 Å². The molecule has 0 aliphatic heterocycles. The Morgan fingerprint density at radius 3 is 2.21 bits per heavy atom. The molecule has 0 fully saturated rings. The lowest BCUT2D eigenvalue weighted by Gasteiger charge is -2.19. The van der Waals surface area contributed by atoms with Gasteiger partial charge in [-0.05, 0) is 59.0 Å². The Labute approximate surface area is 202 Å². The van der Waals surface area contributed by atoms with E-state index in [4.69, 9.17) is 11.6 Å². The standard InChI is InChI=1S/C26H24ClN3O4/c1-26(2,3)19-11-9-18(10-12-19)25(32)29-21-6-4-5-20(16-21)28-24(31)14-8-17-7-13-22(27)23(15-17)30(33)34/h4-16H,1-3H3,(H,28,31)(H,29,32). The third kappa shape index (κ3) is 6.52. The number of nitrogens with one attached hydrogen (secondary N) is 2. The van der Waals surface area contributed by atoms with E-state index in [0.29, 0.717) is 22.5 Å². The van der Waals surface area contributed by atoms with E-state index >= 15 is 0 Å². The highest BCUT2D eigenvalue weighted by molar-refractivity contribution is 6.32. The second kappa shape index (κ2) is 10.3. The molecule has 0 unspecified atom stereocenters. The molecule has 0 saturated heterocycles. The molecule has 0 aliphatic rings. The Morgan fingerprint density at radius 1 is 0.941 bits per heavy atom. The highest BCUT2D eigenvalue weighted by Crippen LogP contribution is 2.26. The van der Waals surface area contributed by atoms with Crippen molar-refractivity contribution in [3.8, 4) is 0 Å². The molecule has 34 heavy (non-hydrogen) atoms. The van der Waals surface area contributed by atoms with E-state index in [1.165, 1.54) is 24.3 Å². The fourth-order valence-corrected chi connectivity index (χ4v) is 3.32. The maximum Gasteiger partial charge on any atom is 0.288 e. The van der Waals surface area contributed by atoms with Gasteiger partial charge >= 0.3 is 0 Å². The molecule has 0 aliphatic carbocycles. The van der Waals surface area contributed by atoms with Gasteiger partial charge in [0.1, 0.15) is 5.02 Å². The van der Waals surface area contributed by atoms with E-state index in [9.17, 15) is 19.7 Å². The summed E-state index contributed by atoms with van der Waals surface area (Å²) >= 11 is 5.80. The van der Waals surface area contributed by atoms with Crippen LogP contribution in [0.4, 0.5) is 17.1 Å². The van der Waals surface area contributed by atoms with Crippen molar-refractivity contribution in [3.63, 3.8) is 0 Å². The number of nitro benzene ring substituents is 1. The van der Waals surface area contributed by atoms with Crippen molar-refractivity contribution in [2.45, 2.75) is 26.2 Å². The van der Waals surface area contributed by atoms with Gasteiger partial charge in [-0.1, -0.05) is 56.6 Å². The van der Waals surface area contributed by atoms with Crippen LogP contribution in [0.3, 0.4) is 0 Å². The van der Waals surface area contributed by atoms with Gasteiger partial charge < -0.3 is 10.6 Å². The number of nitrogens with zero attached hydrogens (tertiary/aromatic N) is 1. The third-order valence-corrected chi connectivity index (χ3v) is 5.31. The second-order valence-corrected chi connectivity index (χ2v) is 9.06. The Kier molecular flexibility index (Phi) is 7.48. The first-order valence-corrected chi connectivity index (χ1v) is 10.9. The number of halogens is 1. The zero-order valence-corrected chi connectivity index (χ0v) is 19.7. The summed E-state index contributed by atoms with van der Waals surface area (Å²) in [5, 5.41) is 16.5. The first-order valence-electron chi connectivity index (χ1n) is 10.5. The van der Waals surface area contributed by atoms with Crippen molar-refractivity contribution >= 4 is 46.6 Å². The molecular formula is C26H24ClN3O4. The lowest BCUT2D eigenvalue weighted by Crippen LogP contribution is -2.14. The first-order chi connectivity index (χ1) is 16.0. The Morgan fingerprint density at radius 2 is 1.59 bits per heavy atom. The molecule has 174 valence electrons. The van der Waals surface area contributed by atoms with E-state index in [1.807, 2.05) is 12.1 Å². The van der Waals surface area contributed by atoms with Gasteiger partial charge in [0.2, 0.25) is 5.91 Å². The number of benzene rings is 3. The third-order valence-electron chi connectivity index (χ3n) is 5.00. The summed E-state index contributed by atoms with van der Waals surface area (Å²) in [6.07, 6.45) is 2.71. The minimum atomic E-state index is -0.585. The smallest absolute Gasteiger partial charge is 0.288 e. The number of amides is 2. The van der Waals surface area contributed by atoms with Crippen LogP contribution in [0.15, 0.2) is 72.8 Å². The molecule has 0 saturated carbocycles. The lowest BCUT2D eigenvalue weighted by molar-refractivity contribution is -0.384. The van der Waals surface area contributed by atoms with Crippen LogP contribution in [0.25, 0.3) is 6.08 Å². The van der Waals surface area contributed by atoms with Gasteiger partial charge in [0.25, 0.3) is 11.6 Å². The molecule has 3 aromatic rings. The molecule has 7 nitrogen and oxygen atoms in total. The summed E-state index contributed by atoms with van der Waals surface area (Å²) < 4.78 is 0. The van der Waals surface area contributed by atoms with E-state index in [1.54, 1.807) is 42.5 Å². The Bertz CT molecular complexity index is 1260. The number of nitro groups is 1. The summed E-state index contributed by atoms with van der Waals surface area (Å²) in [6, 6.07) is 18.5. The molecule has 2 amide bonds. The van der Waals surface area contributed by atoms with Crippen molar-refractivity contribution in [2.75, 3.05) is 10.6 Å². The normalized spacial score (nSPS) is 11.3. The fraction of sp³-hybridized carbons (Fsp3) is 0.154. The average molecular weight is 478 g/mol. The van der Waals surface area contributed by atoms with Crippen LogP contribution in [-0.4, -0.2) is 16.7 Å². The Balaban J connectivity index is 1.64. The maximum atomic E-state index is 12.6. The summed E-state index contributed by atoms with van der Waals surface area (Å²) in [7, 11) is 0. The number of carbonyl (C=O) groups excluding carboxylic acids is 2. The predicted octanol–water partition coefficient (Wildman–Crippen LogP) is 6.45. The molecule has 8 heteroatoms. The van der Waals surface area contributed by atoms with E-state index in [2.05, 4.69) is 31.4 Å². The van der Waals surface area contributed by atoms with Gasteiger partial charge in [0.05, 0.1) is 4.92 Å². The average Bonchev–Trinajstić information content (AvgIpc) is 2.78. The zero-order valence-electron chi connectivity index (χ0n) is 19.0. The van der Waals surface area contributed by atoms with Crippen LogP contribution in [0.2, 0.25) is 5.02 Å². The number of rotatable bonds is 6. The van der Waals surface area contributed by atoms with Gasteiger partial charge in [-0.25, -0.2) is 0 Å². The Hall–Kier alpha value is -3.97. The van der Waals surface area contributed by atoms with Crippen molar-refractivity contribution in [1.29, 1.82) is 0 Å². The lowest BCUT2D eigenvalue weighted by atomic mass is 9.87. The minimum absolute atomic E-state index is 0.00172. The number of hydrogen-bond donors (Lipinski definition) is 2. The summed E-state index contributed by atoms with van der Waals surface area (Å²) in [5.74, 6) is -0.688. The summed E-state index contributed by atoms with van der Waals surface area (Å²) in [6.45, 7) is 6.32. The minimum Gasteiger partial charge on any atom is -0.322 e. The van der Waals surface area contributed by atoms with Crippen LogP contribution >= 0.6 is 11.6 Å². The molecule has 0 radical (unpaired) electrons. The van der Waals surface area contributed by atoms with E-state index in [0.717, 1.165) is 5.56 Å². The predicted molar refractivity (Wildman–Crippen MR) is 135 cm³/mol. The van der Waals surface area contributed by atoms with Crippen LogP contribution in [0.5, 0.6) is 0 Å². The van der Waals surface area contributed by atoms with Gasteiger partial charge in [-0.3, -0.25) is 19.7 Å². The van der Waals surface area contributed by atoms with E-state index in [-0.39, 0.29) is 22.0 Å². The van der Waals surface area contributed by atoms with Crippen LogP contribution in [-0.2, 0) is 10.2 Å². The highest BCUT2D eigenvalue weighted by atomic mass is 35.5. The first kappa shape index (κ1) is 24.7. The van der Waals surface area contributed by atoms with E-state index < -0.39 is 10.8 Å². The quantitative estimate of drug-likeness (QED) is 0.242. The topological polar surface area (TPSA) is 101 Å². The molecular weight excluding hydrogens is 454 g/mol. The molecule has 0 spiro atoms. The van der Waals surface area contributed by atoms with Gasteiger partial charge in [0.15, 0.2) is 0 Å². The van der Waals surface area contributed by atoms with Crippen molar-refractivity contribution in [1.82, 2.24) is 0 Å². The van der Waals surface area contributed by atoms with Gasteiger partial charge in [-0.2, -0.15) is 0 Å². The molecule has 3 rings (SSSR count). The molecule has 3 aromatic carbocycles. The van der Waals surface area contributed by atoms with Crippen molar-refractivity contribution in [3.05, 3.63) is 105 Å². The van der Waals surface area contributed by atoms with Crippen molar-refractivity contribution < 1.29 is 14.5 Å². The van der Waals surface area contributed by atoms with Gasteiger partial charge in [0, 0.05) is 29.1 Å². The molecule has 0 bridgehead atoms. The van der Waals surface area contributed by atoms with Crippen LogP contribution < -0.4 is 10.6 Å². The SMILES string of the molecule is CC(C)(C)c1ccc(C(=O)Nc2cccc(NC(=O)C=Cc3ccc(Cl)c([N+](=O)[O-])c3)c2)cc1. The number of hydrogen-bond acceptors (Lipinski definition) is 4. The number of carbonyl (C=O) groups is 2. The number of anilines is 2. The maximum absolute atomic E-state index is 12.6.